The quantitative estimate of drug-likeness (QED) is 0.490. The molecular weight excluding hydrogens is 295 g/mol. The van der Waals surface area contributed by atoms with Gasteiger partial charge in [-0.1, -0.05) is 24.3 Å². The van der Waals surface area contributed by atoms with E-state index in [1.165, 1.54) is 55.2 Å². The normalized spacial score (nSPS) is 11.1. The lowest BCUT2D eigenvalue weighted by atomic mass is 10.3. The van der Waals surface area contributed by atoms with Gasteiger partial charge in [0.25, 0.3) is 11.4 Å². The molecule has 21 heavy (non-hydrogen) atoms. The van der Waals surface area contributed by atoms with Gasteiger partial charge in [-0.15, -0.1) is 0 Å². The first-order chi connectivity index (χ1) is 9.82. The molecule has 7 nitrogen and oxygen atoms in total. The van der Waals surface area contributed by atoms with Crippen molar-refractivity contribution in [2.75, 3.05) is 6.66 Å². The maximum absolute atomic E-state index is 12.9. The zero-order valence-electron chi connectivity index (χ0n) is 11.0. The number of rotatable bonds is 4. The molecule has 2 aromatic rings. The summed E-state index contributed by atoms with van der Waals surface area (Å²) >= 11 is 0. The van der Waals surface area contributed by atoms with Crippen LogP contribution in [0.2, 0.25) is 0 Å². The lowest BCUT2D eigenvalue weighted by Crippen LogP contribution is -2.15. The summed E-state index contributed by atoms with van der Waals surface area (Å²) in [4.78, 5) is 20.4. The summed E-state index contributed by atoms with van der Waals surface area (Å²) in [7, 11) is -3.14. The first-order valence-electron chi connectivity index (χ1n) is 5.90. The Morgan fingerprint density at radius 2 is 1.24 bits per heavy atom. The molecule has 0 aliphatic rings. The fourth-order valence-electron chi connectivity index (χ4n) is 1.89. The summed E-state index contributed by atoms with van der Waals surface area (Å²) < 4.78 is 12.9. The fourth-order valence-corrected chi connectivity index (χ4v) is 3.69. The molecule has 0 N–H and O–H groups in total. The van der Waals surface area contributed by atoms with Gasteiger partial charge < -0.3 is 4.57 Å². The van der Waals surface area contributed by atoms with Crippen LogP contribution in [0.25, 0.3) is 0 Å². The number of benzene rings is 2. The molecule has 0 saturated heterocycles. The Labute approximate surface area is 119 Å². The molecule has 108 valence electrons. The van der Waals surface area contributed by atoms with Crippen LogP contribution in [-0.2, 0) is 4.57 Å². The smallest absolute Gasteiger partial charge is 0.270 e. The number of nitro groups is 2. The van der Waals surface area contributed by atoms with Crippen LogP contribution in [-0.4, -0.2) is 16.5 Å². The van der Waals surface area contributed by atoms with E-state index in [-0.39, 0.29) is 22.0 Å². The van der Waals surface area contributed by atoms with Crippen LogP contribution in [0, 0.1) is 20.2 Å². The van der Waals surface area contributed by atoms with Gasteiger partial charge in [-0.05, 0) is 6.66 Å². The van der Waals surface area contributed by atoms with Crippen molar-refractivity contribution >= 4 is 29.1 Å². The van der Waals surface area contributed by atoms with Crippen molar-refractivity contribution in [3.8, 4) is 0 Å². The Morgan fingerprint density at radius 1 is 0.857 bits per heavy atom. The summed E-state index contributed by atoms with van der Waals surface area (Å²) in [6, 6.07) is 11.0. The van der Waals surface area contributed by atoms with Crippen LogP contribution < -0.4 is 10.6 Å². The van der Waals surface area contributed by atoms with Crippen LogP contribution in [0.5, 0.6) is 0 Å². The highest BCUT2D eigenvalue weighted by molar-refractivity contribution is 7.78. The zero-order chi connectivity index (χ0) is 15.6. The van der Waals surface area contributed by atoms with Gasteiger partial charge in [0.1, 0.15) is 7.14 Å². The maximum atomic E-state index is 12.9. The summed E-state index contributed by atoms with van der Waals surface area (Å²) in [6.07, 6.45) is 0. The molecule has 0 spiro atoms. The highest BCUT2D eigenvalue weighted by atomic mass is 31.2. The molecule has 0 bridgehead atoms. The van der Waals surface area contributed by atoms with Gasteiger partial charge in [0.2, 0.25) is 0 Å². The van der Waals surface area contributed by atoms with Crippen molar-refractivity contribution < 1.29 is 14.4 Å². The van der Waals surface area contributed by atoms with E-state index in [9.17, 15) is 24.8 Å². The topological polar surface area (TPSA) is 103 Å². The van der Waals surface area contributed by atoms with Crippen LogP contribution in [0.15, 0.2) is 48.5 Å². The lowest BCUT2D eigenvalue weighted by Gasteiger charge is -2.13. The van der Waals surface area contributed by atoms with E-state index in [0.717, 1.165) is 0 Å². The van der Waals surface area contributed by atoms with Crippen LogP contribution in [0.4, 0.5) is 11.4 Å². The van der Waals surface area contributed by atoms with Crippen molar-refractivity contribution in [3.63, 3.8) is 0 Å². The van der Waals surface area contributed by atoms with Crippen LogP contribution in [0.1, 0.15) is 0 Å². The van der Waals surface area contributed by atoms with Gasteiger partial charge in [-0.2, -0.15) is 0 Å². The third kappa shape index (κ3) is 2.98. The van der Waals surface area contributed by atoms with Gasteiger partial charge in [-0.3, -0.25) is 20.2 Å². The van der Waals surface area contributed by atoms with Crippen molar-refractivity contribution in [3.05, 3.63) is 68.8 Å². The first-order valence-corrected chi connectivity index (χ1v) is 8.05. The second-order valence-corrected chi connectivity index (χ2v) is 7.36. The molecule has 0 amide bonds. The predicted molar refractivity (Wildman–Crippen MR) is 79.0 cm³/mol. The van der Waals surface area contributed by atoms with Gasteiger partial charge >= 0.3 is 0 Å². The molecule has 0 unspecified atom stereocenters. The van der Waals surface area contributed by atoms with E-state index in [1.54, 1.807) is 0 Å². The number of nitrogens with zero attached hydrogens (tertiary/aromatic N) is 2. The van der Waals surface area contributed by atoms with Crippen molar-refractivity contribution in [2.45, 2.75) is 0 Å². The maximum Gasteiger partial charge on any atom is 0.270 e. The highest BCUT2D eigenvalue weighted by Gasteiger charge is 2.24. The Hall–Kier alpha value is -2.53. The van der Waals surface area contributed by atoms with Crippen molar-refractivity contribution in [1.29, 1.82) is 0 Å². The molecule has 0 saturated carbocycles. The minimum Gasteiger partial charge on any atom is -0.314 e. The molecule has 0 aliphatic carbocycles. The molecular formula is C13H11N2O5P. The fraction of sp³-hybridized carbons (Fsp3) is 0.0769. The number of hydrogen-bond donors (Lipinski definition) is 0. The van der Waals surface area contributed by atoms with Crippen LogP contribution >= 0.6 is 7.14 Å². The summed E-state index contributed by atoms with van der Waals surface area (Å²) in [5, 5.41) is 22.2. The second kappa shape index (κ2) is 5.46. The van der Waals surface area contributed by atoms with E-state index >= 15 is 0 Å². The average molecular weight is 306 g/mol. The van der Waals surface area contributed by atoms with Gasteiger partial charge in [0, 0.05) is 34.9 Å². The third-order valence-electron chi connectivity index (χ3n) is 3.07. The number of non-ortho nitro benzene ring substituents is 2. The standard InChI is InChI=1S/C13H11N2O5P/c1-21(20,12-6-2-4-10(8-12)14(16)17)13-7-3-5-11(9-13)15(18)19/h2-9H,1H3. The predicted octanol–water partition coefficient (Wildman–Crippen LogP) is 2.45. The third-order valence-corrected chi connectivity index (χ3v) is 5.59. The molecule has 0 heterocycles. The van der Waals surface area contributed by atoms with E-state index in [0.29, 0.717) is 0 Å². The number of nitro benzene ring substituents is 2. The number of hydrogen-bond acceptors (Lipinski definition) is 5. The molecule has 0 aromatic heterocycles. The largest absolute Gasteiger partial charge is 0.314 e. The summed E-state index contributed by atoms with van der Waals surface area (Å²) in [6.45, 7) is 1.44. The molecule has 0 fully saturated rings. The molecule has 0 radical (unpaired) electrons. The Bertz CT molecular complexity index is 713. The molecule has 0 aliphatic heterocycles. The Balaban J connectivity index is 2.54. The van der Waals surface area contributed by atoms with Gasteiger partial charge in [-0.25, -0.2) is 0 Å². The summed E-state index contributed by atoms with van der Waals surface area (Å²) in [5.74, 6) is 0. The highest BCUT2D eigenvalue weighted by Crippen LogP contribution is 2.40. The van der Waals surface area contributed by atoms with E-state index in [4.69, 9.17) is 0 Å². The molecule has 8 heteroatoms. The Kier molecular flexibility index (Phi) is 3.86. The minimum atomic E-state index is -3.14. The van der Waals surface area contributed by atoms with Crippen molar-refractivity contribution in [2.24, 2.45) is 0 Å². The SMILES string of the molecule is CP(=O)(c1cccc([N+](=O)[O-])c1)c1cccc([N+](=O)[O-])c1. The van der Waals surface area contributed by atoms with Crippen LogP contribution in [0.3, 0.4) is 0 Å². The average Bonchev–Trinajstić information content (AvgIpc) is 2.47. The van der Waals surface area contributed by atoms with E-state index in [1.807, 2.05) is 0 Å². The van der Waals surface area contributed by atoms with Crippen molar-refractivity contribution in [1.82, 2.24) is 0 Å². The van der Waals surface area contributed by atoms with E-state index in [2.05, 4.69) is 0 Å². The summed E-state index contributed by atoms with van der Waals surface area (Å²) in [5.41, 5.74) is -0.333. The zero-order valence-corrected chi connectivity index (χ0v) is 11.9. The monoisotopic (exact) mass is 306 g/mol. The molecule has 2 aromatic carbocycles. The molecule has 0 atom stereocenters. The Morgan fingerprint density at radius 3 is 1.57 bits per heavy atom. The first kappa shape index (κ1) is 14.9. The van der Waals surface area contributed by atoms with Gasteiger partial charge in [0.05, 0.1) is 9.85 Å². The van der Waals surface area contributed by atoms with E-state index < -0.39 is 17.0 Å². The molecule has 2 rings (SSSR count). The minimum absolute atomic E-state index is 0.167. The van der Waals surface area contributed by atoms with Gasteiger partial charge in [0.15, 0.2) is 0 Å². The second-order valence-electron chi connectivity index (χ2n) is 4.48. The lowest BCUT2D eigenvalue weighted by molar-refractivity contribution is -0.384.